The zero-order valence-electron chi connectivity index (χ0n) is 11.3. The van der Waals surface area contributed by atoms with Gasteiger partial charge in [0.05, 0.1) is 18.7 Å². The number of benzene rings is 2. The summed E-state index contributed by atoms with van der Waals surface area (Å²) in [6.45, 7) is 1.89. The van der Waals surface area contributed by atoms with Crippen LogP contribution >= 0.6 is 0 Å². The molecule has 1 amide bonds. The fourth-order valence-corrected chi connectivity index (χ4v) is 1.83. The van der Waals surface area contributed by atoms with Crippen molar-refractivity contribution in [2.75, 3.05) is 12.4 Å². The van der Waals surface area contributed by atoms with Crippen LogP contribution in [-0.2, 0) is 0 Å². The lowest BCUT2D eigenvalue weighted by Gasteiger charge is -2.10. The molecule has 0 unspecified atom stereocenters. The fourth-order valence-electron chi connectivity index (χ4n) is 1.83. The maximum absolute atomic E-state index is 12.1. The minimum atomic E-state index is -0.240. The Hall–Kier alpha value is -2.80. The Labute approximate surface area is 117 Å². The van der Waals surface area contributed by atoms with Crippen LogP contribution in [0.15, 0.2) is 42.5 Å². The molecule has 0 aliphatic rings. The molecule has 20 heavy (non-hydrogen) atoms. The van der Waals surface area contributed by atoms with Crippen LogP contribution < -0.4 is 10.1 Å². The Morgan fingerprint density at radius 2 is 2.05 bits per heavy atom. The van der Waals surface area contributed by atoms with Crippen LogP contribution in [0.25, 0.3) is 0 Å². The summed E-state index contributed by atoms with van der Waals surface area (Å²) in [6, 6.07) is 14.0. The van der Waals surface area contributed by atoms with E-state index < -0.39 is 0 Å². The highest BCUT2D eigenvalue weighted by Gasteiger charge is 2.08. The van der Waals surface area contributed by atoms with Crippen molar-refractivity contribution in [3.8, 4) is 11.8 Å². The van der Waals surface area contributed by atoms with Gasteiger partial charge in [-0.3, -0.25) is 4.79 Å². The molecule has 4 nitrogen and oxygen atoms in total. The van der Waals surface area contributed by atoms with E-state index in [0.717, 1.165) is 17.0 Å². The van der Waals surface area contributed by atoms with Gasteiger partial charge in [-0.25, -0.2) is 0 Å². The number of nitriles is 1. The number of ether oxygens (including phenoxy) is 1. The fraction of sp³-hybridized carbons (Fsp3) is 0.125. The summed E-state index contributed by atoms with van der Waals surface area (Å²) < 4.78 is 5.12. The second-order valence-corrected chi connectivity index (χ2v) is 4.33. The van der Waals surface area contributed by atoms with Gasteiger partial charge < -0.3 is 10.1 Å². The highest BCUT2D eigenvalue weighted by Crippen LogP contribution is 2.21. The molecule has 0 atom stereocenters. The van der Waals surface area contributed by atoms with Gasteiger partial charge in [-0.1, -0.05) is 6.07 Å². The normalized spacial score (nSPS) is 9.65. The van der Waals surface area contributed by atoms with E-state index in [0.29, 0.717) is 11.1 Å². The Bertz CT molecular complexity index is 687. The van der Waals surface area contributed by atoms with E-state index in [9.17, 15) is 4.79 Å². The maximum Gasteiger partial charge on any atom is 0.255 e. The van der Waals surface area contributed by atoms with Crippen LogP contribution in [0, 0.1) is 18.3 Å². The van der Waals surface area contributed by atoms with Crippen molar-refractivity contribution >= 4 is 11.6 Å². The third-order valence-corrected chi connectivity index (χ3v) is 2.94. The summed E-state index contributed by atoms with van der Waals surface area (Å²) in [5.74, 6) is 0.502. The van der Waals surface area contributed by atoms with Gasteiger partial charge in [0.2, 0.25) is 0 Å². The molecule has 2 rings (SSSR count). The number of nitrogens with one attached hydrogen (secondary N) is 1. The van der Waals surface area contributed by atoms with Gasteiger partial charge >= 0.3 is 0 Å². The van der Waals surface area contributed by atoms with Crippen LogP contribution in [0.5, 0.6) is 5.75 Å². The molecule has 0 aliphatic carbocycles. The molecule has 1 N–H and O–H groups in total. The third-order valence-electron chi connectivity index (χ3n) is 2.94. The topological polar surface area (TPSA) is 62.1 Å². The number of anilines is 1. The van der Waals surface area contributed by atoms with Crippen LogP contribution in [0.1, 0.15) is 21.5 Å². The number of aryl methyl sites for hydroxylation is 1. The average Bonchev–Trinajstić information content (AvgIpc) is 2.49. The maximum atomic E-state index is 12.1. The zero-order chi connectivity index (χ0) is 14.5. The average molecular weight is 266 g/mol. The third kappa shape index (κ3) is 2.96. The first kappa shape index (κ1) is 13.6. The molecule has 0 saturated heterocycles. The number of rotatable bonds is 3. The van der Waals surface area contributed by atoms with Crippen molar-refractivity contribution in [3.63, 3.8) is 0 Å². The van der Waals surface area contributed by atoms with Crippen molar-refractivity contribution in [3.05, 3.63) is 59.2 Å². The van der Waals surface area contributed by atoms with Crippen molar-refractivity contribution in [2.24, 2.45) is 0 Å². The van der Waals surface area contributed by atoms with Crippen LogP contribution in [0.4, 0.5) is 5.69 Å². The Morgan fingerprint density at radius 1 is 1.25 bits per heavy atom. The quantitative estimate of drug-likeness (QED) is 0.928. The lowest BCUT2D eigenvalue weighted by Crippen LogP contribution is -2.12. The predicted octanol–water partition coefficient (Wildman–Crippen LogP) is 3.13. The van der Waals surface area contributed by atoms with E-state index >= 15 is 0 Å². The summed E-state index contributed by atoms with van der Waals surface area (Å²) in [6.07, 6.45) is 0. The molecular weight excluding hydrogens is 252 g/mol. The largest absolute Gasteiger partial charge is 0.497 e. The minimum Gasteiger partial charge on any atom is -0.497 e. The van der Waals surface area contributed by atoms with Gasteiger partial charge in [-0.2, -0.15) is 5.26 Å². The Balaban J connectivity index is 2.21. The summed E-state index contributed by atoms with van der Waals surface area (Å²) in [5, 5.41) is 11.7. The van der Waals surface area contributed by atoms with E-state index in [4.69, 9.17) is 10.00 Å². The number of nitrogens with zero attached hydrogens (tertiary/aromatic N) is 1. The summed E-state index contributed by atoms with van der Waals surface area (Å²) in [5.41, 5.74) is 2.55. The lowest BCUT2D eigenvalue weighted by molar-refractivity contribution is 0.102. The molecule has 0 aliphatic heterocycles. The van der Waals surface area contributed by atoms with Gasteiger partial charge in [-0.05, 0) is 48.9 Å². The molecule has 0 fully saturated rings. The monoisotopic (exact) mass is 266 g/mol. The predicted molar refractivity (Wildman–Crippen MR) is 76.8 cm³/mol. The summed E-state index contributed by atoms with van der Waals surface area (Å²) >= 11 is 0. The van der Waals surface area contributed by atoms with E-state index in [1.165, 1.54) is 0 Å². The minimum absolute atomic E-state index is 0.240. The molecule has 0 bridgehead atoms. The number of carbonyl (C=O) groups is 1. The summed E-state index contributed by atoms with van der Waals surface area (Å²) in [7, 11) is 1.60. The van der Waals surface area contributed by atoms with Gasteiger partial charge in [0.1, 0.15) is 5.75 Å². The number of carbonyl (C=O) groups excluding carboxylic acids is 1. The standard InChI is InChI=1S/C16H14N2O2/c1-11-8-14(20-2)6-7-15(11)18-16(19)13-5-3-4-12(9-13)10-17/h3-9H,1-2H3,(H,18,19). The summed E-state index contributed by atoms with van der Waals surface area (Å²) in [4.78, 5) is 12.1. The molecule has 100 valence electrons. The van der Waals surface area contributed by atoms with Gasteiger partial charge in [-0.15, -0.1) is 0 Å². The molecule has 0 heterocycles. The van der Waals surface area contributed by atoms with Crippen molar-refractivity contribution in [1.29, 1.82) is 5.26 Å². The van der Waals surface area contributed by atoms with Crippen molar-refractivity contribution < 1.29 is 9.53 Å². The molecule has 0 spiro atoms. The zero-order valence-corrected chi connectivity index (χ0v) is 11.3. The van der Waals surface area contributed by atoms with Gasteiger partial charge in [0.25, 0.3) is 5.91 Å². The first-order valence-corrected chi connectivity index (χ1v) is 6.10. The molecule has 0 radical (unpaired) electrons. The van der Waals surface area contributed by atoms with E-state index in [-0.39, 0.29) is 5.91 Å². The van der Waals surface area contributed by atoms with Crippen LogP contribution in [0.2, 0.25) is 0 Å². The molecular formula is C16H14N2O2. The molecule has 0 aromatic heterocycles. The number of hydrogen-bond donors (Lipinski definition) is 1. The second-order valence-electron chi connectivity index (χ2n) is 4.33. The Morgan fingerprint density at radius 3 is 2.70 bits per heavy atom. The SMILES string of the molecule is COc1ccc(NC(=O)c2cccc(C#N)c2)c(C)c1. The number of methoxy groups -OCH3 is 1. The van der Waals surface area contributed by atoms with E-state index in [2.05, 4.69) is 5.32 Å². The highest BCUT2D eigenvalue weighted by molar-refractivity contribution is 6.04. The van der Waals surface area contributed by atoms with E-state index in [1.807, 2.05) is 19.1 Å². The lowest BCUT2D eigenvalue weighted by atomic mass is 10.1. The van der Waals surface area contributed by atoms with Crippen molar-refractivity contribution in [1.82, 2.24) is 0 Å². The molecule has 2 aromatic carbocycles. The second kappa shape index (κ2) is 5.89. The van der Waals surface area contributed by atoms with Crippen LogP contribution in [-0.4, -0.2) is 13.0 Å². The smallest absolute Gasteiger partial charge is 0.255 e. The number of hydrogen-bond acceptors (Lipinski definition) is 3. The molecule has 0 saturated carbocycles. The molecule has 4 heteroatoms. The molecule has 2 aromatic rings. The Kier molecular flexibility index (Phi) is 4.02. The first-order valence-electron chi connectivity index (χ1n) is 6.10. The van der Waals surface area contributed by atoms with Crippen molar-refractivity contribution in [2.45, 2.75) is 6.92 Å². The van der Waals surface area contributed by atoms with Gasteiger partial charge in [0.15, 0.2) is 0 Å². The van der Waals surface area contributed by atoms with Gasteiger partial charge in [0, 0.05) is 11.3 Å². The highest BCUT2D eigenvalue weighted by atomic mass is 16.5. The number of amides is 1. The first-order chi connectivity index (χ1) is 9.63. The van der Waals surface area contributed by atoms with Crippen LogP contribution in [0.3, 0.4) is 0 Å². The van der Waals surface area contributed by atoms with E-state index in [1.54, 1.807) is 43.5 Å².